The van der Waals surface area contributed by atoms with E-state index in [-0.39, 0.29) is 11.9 Å². The first-order chi connectivity index (χ1) is 14.5. The molecule has 152 valence electrons. The lowest BCUT2D eigenvalue weighted by atomic mass is 9.88. The Kier molecular flexibility index (Phi) is 7.17. The number of rotatable bonds is 7. The Morgan fingerprint density at radius 1 is 0.900 bits per heavy atom. The van der Waals surface area contributed by atoms with Crippen LogP contribution in [0.25, 0.3) is 0 Å². The van der Waals surface area contributed by atoms with E-state index in [1.807, 2.05) is 74.5 Å². The zero-order chi connectivity index (χ0) is 21.5. The smallest absolute Gasteiger partial charge is 0.315 e. The minimum atomic E-state index is -0.814. The van der Waals surface area contributed by atoms with Gasteiger partial charge < -0.3 is 9.47 Å². The average molecular weight is 419 g/mol. The summed E-state index contributed by atoms with van der Waals surface area (Å²) in [6, 6.07) is 23.9. The van der Waals surface area contributed by atoms with Gasteiger partial charge in [-0.2, -0.15) is 0 Å². The van der Waals surface area contributed by atoms with Gasteiger partial charge in [-0.1, -0.05) is 73.8 Å². The second-order valence-corrected chi connectivity index (χ2v) is 7.68. The van der Waals surface area contributed by atoms with E-state index in [9.17, 15) is 4.79 Å². The molecule has 0 aliphatic rings. The minimum absolute atomic E-state index is 0.0323. The van der Waals surface area contributed by atoms with Crippen LogP contribution in [0.3, 0.4) is 0 Å². The predicted molar refractivity (Wildman–Crippen MR) is 120 cm³/mol. The normalized spacial score (nSPS) is 12.6. The minimum Gasteiger partial charge on any atom is -0.457 e. The second-order valence-electron chi connectivity index (χ2n) is 7.24. The summed E-state index contributed by atoms with van der Waals surface area (Å²) in [5.41, 5.74) is 1.52. The van der Waals surface area contributed by atoms with E-state index in [0.29, 0.717) is 22.1 Å². The zero-order valence-electron chi connectivity index (χ0n) is 16.9. The molecule has 3 aromatic carbocycles. The fraction of sp³-hybridized carbons (Fsp3) is 0.192. The number of terminal acetylenes is 1. The zero-order valence-corrected chi connectivity index (χ0v) is 17.7. The maximum absolute atomic E-state index is 13.0. The predicted octanol–water partition coefficient (Wildman–Crippen LogP) is 6.79. The third-order valence-corrected chi connectivity index (χ3v) is 4.93. The molecule has 0 bridgehead atoms. The molecule has 0 aromatic heterocycles. The van der Waals surface area contributed by atoms with Crippen molar-refractivity contribution in [3.63, 3.8) is 0 Å². The molecule has 0 amide bonds. The van der Waals surface area contributed by atoms with Gasteiger partial charge in [-0.15, -0.1) is 6.42 Å². The van der Waals surface area contributed by atoms with Crippen molar-refractivity contribution in [1.82, 2.24) is 0 Å². The van der Waals surface area contributed by atoms with E-state index in [1.165, 1.54) is 0 Å². The molecule has 3 aromatic rings. The summed E-state index contributed by atoms with van der Waals surface area (Å²) in [6.07, 6.45) is 4.89. The molecule has 30 heavy (non-hydrogen) atoms. The molecule has 0 spiro atoms. The summed E-state index contributed by atoms with van der Waals surface area (Å²) in [7, 11) is 0. The molecule has 0 N–H and O–H groups in total. The summed E-state index contributed by atoms with van der Waals surface area (Å²) in [6.45, 7) is 3.94. The van der Waals surface area contributed by atoms with Gasteiger partial charge in [0, 0.05) is 10.6 Å². The first-order valence-electron chi connectivity index (χ1n) is 9.73. The number of hydrogen-bond donors (Lipinski definition) is 0. The van der Waals surface area contributed by atoms with E-state index in [4.69, 9.17) is 27.5 Å². The SMILES string of the molecule is C#C[C@@H](OC(=O)[C@@H](c1ccc(Cl)cc1)C(C)C)c1cccc(Oc2ccccc2)c1. The lowest BCUT2D eigenvalue weighted by Gasteiger charge is -2.22. The van der Waals surface area contributed by atoms with Crippen molar-refractivity contribution in [2.24, 2.45) is 5.92 Å². The number of halogens is 1. The second kappa shape index (κ2) is 10.0. The molecule has 3 nitrogen and oxygen atoms in total. The molecule has 0 aliphatic heterocycles. The summed E-state index contributed by atoms with van der Waals surface area (Å²) < 4.78 is 11.6. The maximum atomic E-state index is 13.0. The van der Waals surface area contributed by atoms with Crippen LogP contribution in [-0.2, 0) is 9.53 Å². The highest BCUT2D eigenvalue weighted by molar-refractivity contribution is 6.30. The van der Waals surface area contributed by atoms with Gasteiger partial charge in [0.05, 0.1) is 5.92 Å². The summed E-state index contributed by atoms with van der Waals surface area (Å²) in [4.78, 5) is 13.0. The van der Waals surface area contributed by atoms with Gasteiger partial charge in [0.2, 0.25) is 0 Å². The number of benzene rings is 3. The summed E-state index contributed by atoms with van der Waals surface area (Å²) in [5.74, 6) is 3.13. The van der Waals surface area contributed by atoms with Gasteiger partial charge in [-0.3, -0.25) is 4.79 Å². The van der Waals surface area contributed by atoms with Crippen molar-refractivity contribution in [3.8, 4) is 23.8 Å². The van der Waals surface area contributed by atoms with Gasteiger partial charge in [0.15, 0.2) is 6.10 Å². The van der Waals surface area contributed by atoms with Crippen LogP contribution in [0.2, 0.25) is 5.02 Å². The Balaban J connectivity index is 1.78. The highest BCUT2D eigenvalue weighted by atomic mass is 35.5. The summed E-state index contributed by atoms with van der Waals surface area (Å²) >= 11 is 5.98. The molecule has 0 saturated carbocycles. The Hall–Kier alpha value is -3.22. The molecule has 2 atom stereocenters. The van der Waals surface area contributed by atoms with Gasteiger partial charge in [-0.05, 0) is 47.9 Å². The van der Waals surface area contributed by atoms with Crippen LogP contribution in [0.5, 0.6) is 11.5 Å². The van der Waals surface area contributed by atoms with Crippen LogP contribution in [0, 0.1) is 18.3 Å². The molecule has 0 aliphatic carbocycles. The van der Waals surface area contributed by atoms with Crippen LogP contribution >= 0.6 is 11.6 Å². The number of carbonyl (C=O) groups is 1. The largest absolute Gasteiger partial charge is 0.457 e. The highest BCUT2D eigenvalue weighted by Gasteiger charge is 2.28. The molecule has 0 fully saturated rings. The molecular weight excluding hydrogens is 396 g/mol. The molecule has 0 heterocycles. The number of hydrogen-bond acceptors (Lipinski definition) is 3. The Bertz CT molecular complexity index is 1020. The van der Waals surface area contributed by atoms with E-state index in [1.54, 1.807) is 18.2 Å². The molecule has 0 unspecified atom stereocenters. The lowest BCUT2D eigenvalue weighted by Crippen LogP contribution is -2.22. The Labute approximate surface area is 182 Å². The number of para-hydroxylation sites is 1. The van der Waals surface area contributed by atoms with E-state index in [2.05, 4.69) is 5.92 Å². The van der Waals surface area contributed by atoms with Crippen LogP contribution in [-0.4, -0.2) is 5.97 Å². The Morgan fingerprint density at radius 3 is 2.20 bits per heavy atom. The first-order valence-corrected chi connectivity index (χ1v) is 10.1. The van der Waals surface area contributed by atoms with Crippen molar-refractivity contribution >= 4 is 17.6 Å². The highest BCUT2D eigenvalue weighted by Crippen LogP contribution is 2.31. The van der Waals surface area contributed by atoms with Crippen LogP contribution < -0.4 is 4.74 Å². The average Bonchev–Trinajstić information content (AvgIpc) is 2.74. The van der Waals surface area contributed by atoms with Gasteiger partial charge in [-0.25, -0.2) is 0 Å². The Morgan fingerprint density at radius 2 is 1.57 bits per heavy atom. The van der Waals surface area contributed by atoms with E-state index in [0.717, 1.165) is 5.56 Å². The maximum Gasteiger partial charge on any atom is 0.315 e. The van der Waals surface area contributed by atoms with Crippen LogP contribution in [0.4, 0.5) is 0 Å². The van der Waals surface area contributed by atoms with Crippen molar-refractivity contribution in [2.45, 2.75) is 25.9 Å². The molecular formula is C26H23ClO3. The van der Waals surface area contributed by atoms with Gasteiger partial charge >= 0.3 is 5.97 Å². The van der Waals surface area contributed by atoms with E-state index < -0.39 is 12.0 Å². The lowest BCUT2D eigenvalue weighted by molar-refractivity contribution is -0.149. The van der Waals surface area contributed by atoms with Crippen molar-refractivity contribution in [3.05, 3.63) is 95.0 Å². The molecule has 0 radical (unpaired) electrons. The molecule has 4 heteroatoms. The number of esters is 1. The summed E-state index contributed by atoms with van der Waals surface area (Å²) in [5, 5.41) is 0.617. The van der Waals surface area contributed by atoms with Crippen LogP contribution in [0.15, 0.2) is 78.9 Å². The topological polar surface area (TPSA) is 35.5 Å². The van der Waals surface area contributed by atoms with E-state index >= 15 is 0 Å². The molecule has 0 saturated heterocycles. The quantitative estimate of drug-likeness (QED) is 0.313. The number of ether oxygens (including phenoxy) is 2. The third-order valence-electron chi connectivity index (χ3n) is 4.67. The fourth-order valence-corrected chi connectivity index (χ4v) is 3.34. The van der Waals surface area contributed by atoms with Crippen molar-refractivity contribution < 1.29 is 14.3 Å². The standard InChI is InChI=1S/C26H23ClO3/c1-4-24(20-9-8-12-23(17-20)29-22-10-6-5-7-11-22)30-26(28)25(18(2)3)19-13-15-21(27)16-14-19/h1,5-18,24-25H,2-3H3/t24-,25-/m1/s1. The van der Waals surface area contributed by atoms with Crippen molar-refractivity contribution in [2.75, 3.05) is 0 Å². The third kappa shape index (κ3) is 5.43. The molecule has 3 rings (SSSR count). The van der Waals surface area contributed by atoms with Crippen LogP contribution in [0.1, 0.15) is 37.0 Å². The monoisotopic (exact) mass is 418 g/mol. The first kappa shape index (κ1) is 21.5. The van der Waals surface area contributed by atoms with Gasteiger partial charge in [0.1, 0.15) is 11.5 Å². The number of carbonyl (C=O) groups excluding carboxylic acids is 1. The van der Waals surface area contributed by atoms with Crippen molar-refractivity contribution in [1.29, 1.82) is 0 Å². The fourth-order valence-electron chi connectivity index (χ4n) is 3.22. The van der Waals surface area contributed by atoms with Gasteiger partial charge in [0.25, 0.3) is 0 Å².